The van der Waals surface area contributed by atoms with Crippen molar-refractivity contribution in [1.29, 1.82) is 0 Å². The Balaban J connectivity index is 1.14. The van der Waals surface area contributed by atoms with E-state index in [9.17, 15) is 31.4 Å². The molecule has 0 bridgehead atoms. The summed E-state index contributed by atoms with van der Waals surface area (Å²) in [6, 6.07) is 18.6. The highest BCUT2D eigenvalue weighted by Crippen LogP contribution is 2.50. The minimum absolute atomic E-state index is 0.0289. The Kier molecular flexibility index (Phi) is 7.73. The van der Waals surface area contributed by atoms with Crippen LogP contribution >= 0.6 is 0 Å². The molecule has 0 aliphatic carbocycles. The number of piperazine rings is 1. The van der Waals surface area contributed by atoms with E-state index in [1.807, 2.05) is 36.4 Å². The standard InChI is InChI=1S/C29H28F6N2O3/c30-28(31,32)27(38,29(33,34)35)23-11-9-22(10-12-23)21-7-5-20(6-8-21)17-36-13-15-37(16-14-36)18-24-19-39-25-3-1-2-4-26(25)40-24/h1-12,24,38H,13-19H2. The topological polar surface area (TPSA) is 45.2 Å². The van der Waals surface area contributed by atoms with Crippen LogP contribution in [0.5, 0.6) is 11.5 Å². The molecule has 1 unspecified atom stereocenters. The highest BCUT2D eigenvalue weighted by Gasteiger charge is 2.71. The van der Waals surface area contributed by atoms with E-state index in [0.29, 0.717) is 36.4 Å². The minimum Gasteiger partial charge on any atom is -0.486 e. The molecule has 2 heterocycles. The van der Waals surface area contributed by atoms with Gasteiger partial charge in [0.1, 0.15) is 12.7 Å². The summed E-state index contributed by atoms with van der Waals surface area (Å²) in [5.41, 5.74) is -4.10. The van der Waals surface area contributed by atoms with Crippen LogP contribution in [0.15, 0.2) is 72.8 Å². The molecule has 2 aliphatic heterocycles. The number of nitrogens with zero attached hydrogens (tertiary/aromatic N) is 2. The van der Waals surface area contributed by atoms with Gasteiger partial charge in [-0.15, -0.1) is 0 Å². The fraction of sp³-hybridized carbons (Fsp3) is 0.379. The van der Waals surface area contributed by atoms with E-state index < -0.39 is 23.5 Å². The molecular formula is C29H28F6N2O3. The summed E-state index contributed by atoms with van der Waals surface area (Å²) < 4.78 is 90.7. The molecule has 1 N–H and O–H groups in total. The van der Waals surface area contributed by atoms with E-state index in [1.165, 1.54) is 0 Å². The maximum atomic E-state index is 13.1. The van der Waals surface area contributed by atoms with Gasteiger partial charge in [0.05, 0.1) is 0 Å². The molecule has 3 aromatic carbocycles. The summed E-state index contributed by atoms with van der Waals surface area (Å²) in [6.45, 7) is 5.51. The third-order valence-corrected chi connectivity index (χ3v) is 7.31. The van der Waals surface area contributed by atoms with Gasteiger partial charge in [0, 0.05) is 44.8 Å². The van der Waals surface area contributed by atoms with Gasteiger partial charge in [-0.1, -0.05) is 60.7 Å². The molecule has 0 amide bonds. The average Bonchev–Trinajstić information content (AvgIpc) is 2.93. The number of hydrogen-bond donors (Lipinski definition) is 1. The first-order chi connectivity index (χ1) is 18.9. The van der Waals surface area contributed by atoms with Gasteiger partial charge in [-0.25, -0.2) is 0 Å². The Morgan fingerprint density at radius 1 is 0.700 bits per heavy atom. The number of halogens is 6. The van der Waals surface area contributed by atoms with E-state index >= 15 is 0 Å². The SMILES string of the molecule is OC(c1ccc(-c2ccc(CN3CCN(CC4COc5ccccc5O4)CC3)cc2)cc1)(C(F)(F)F)C(F)(F)F. The summed E-state index contributed by atoms with van der Waals surface area (Å²) in [5.74, 6) is 1.53. The monoisotopic (exact) mass is 566 g/mol. The molecule has 40 heavy (non-hydrogen) atoms. The number of ether oxygens (including phenoxy) is 2. The normalized spacial score (nSPS) is 19.0. The van der Waals surface area contributed by atoms with Crippen molar-refractivity contribution in [3.05, 3.63) is 83.9 Å². The van der Waals surface area contributed by atoms with Crippen molar-refractivity contribution in [2.75, 3.05) is 39.3 Å². The van der Waals surface area contributed by atoms with E-state index in [2.05, 4.69) is 9.80 Å². The van der Waals surface area contributed by atoms with Gasteiger partial charge in [0.2, 0.25) is 0 Å². The Bertz CT molecular complexity index is 1270. The second kappa shape index (κ2) is 10.9. The lowest BCUT2D eigenvalue weighted by molar-refractivity contribution is -0.376. The Labute approximate surface area is 227 Å². The Hall–Kier alpha value is -3.28. The minimum atomic E-state index is -5.91. The summed E-state index contributed by atoms with van der Waals surface area (Å²) in [5, 5.41) is 9.57. The smallest absolute Gasteiger partial charge is 0.430 e. The van der Waals surface area contributed by atoms with Gasteiger partial charge in [-0.3, -0.25) is 9.80 Å². The van der Waals surface area contributed by atoms with Crippen molar-refractivity contribution in [1.82, 2.24) is 9.80 Å². The maximum absolute atomic E-state index is 13.1. The van der Waals surface area contributed by atoms with Gasteiger partial charge >= 0.3 is 12.4 Å². The second-order valence-corrected chi connectivity index (χ2v) is 10.1. The lowest BCUT2D eigenvalue weighted by Crippen LogP contribution is -2.53. The van der Waals surface area contributed by atoms with Crippen molar-refractivity contribution in [2.45, 2.75) is 30.6 Å². The number of alkyl halides is 6. The highest BCUT2D eigenvalue weighted by atomic mass is 19.4. The lowest BCUT2D eigenvalue weighted by atomic mass is 9.90. The average molecular weight is 567 g/mol. The van der Waals surface area contributed by atoms with Crippen molar-refractivity contribution in [3.8, 4) is 22.6 Å². The number of hydrogen-bond acceptors (Lipinski definition) is 5. The van der Waals surface area contributed by atoms with E-state index in [4.69, 9.17) is 9.47 Å². The molecule has 11 heteroatoms. The molecule has 2 aliphatic rings. The molecule has 0 aromatic heterocycles. The van der Waals surface area contributed by atoms with Gasteiger partial charge in [-0.2, -0.15) is 26.3 Å². The first-order valence-corrected chi connectivity index (χ1v) is 12.8. The quantitative estimate of drug-likeness (QED) is 0.393. The molecule has 5 rings (SSSR count). The molecular weight excluding hydrogens is 538 g/mol. The van der Waals surface area contributed by atoms with Crippen LogP contribution in [0.1, 0.15) is 11.1 Å². The van der Waals surface area contributed by atoms with Crippen LogP contribution in [0.25, 0.3) is 11.1 Å². The Morgan fingerprint density at radius 2 is 1.23 bits per heavy atom. The lowest BCUT2D eigenvalue weighted by Gasteiger charge is -2.37. The number of benzene rings is 3. The van der Waals surface area contributed by atoms with Crippen LogP contribution < -0.4 is 9.47 Å². The zero-order chi connectivity index (χ0) is 28.5. The highest BCUT2D eigenvalue weighted by molar-refractivity contribution is 5.64. The number of aliphatic hydroxyl groups is 1. The molecule has 0 saturated carbocycles. The predicted molar refractivity (Wildman–Crippen MR) is 136 cm³/mol. The summed E-state index contributed by atoms with van der Waals surface area (Å²) in [4.78, 5) is 4.67. The fourth-order valence-electron chi connectivity index (χ4n) is 5.02. The molecule has 0 radical (unpaired) electrons. The first kappa shape index (κ1) is 28.3. The summed E-state index contributed by atoms with van der Waals surface area (Å²) in [7, 11) is 0. The number of rotatable bonds is 6. The van der Waals surface area contributed by atoms with E-state index in [1.54, 1.807) is 12.1 Å². The molecule has 1 saturated heterocycles. The Morgan fingerprint density at radius 3 is 1.80 bits per heavy atom. The van der Waals surface area contributed by atoms with Gasteiger partial charge in [-0.05, 0) is 28.8 Å². The van der Waals surface area contributed by atoms with Crippen molar-refractivity contribution < 1.29 is 40.9 Å². The van der Waals surface area contributed by atoms with Crippen molar-refractivity contribution >= 4 is 0 Å². The first-order valence-electron chi connectivity index (χ1n) is 12.8. The molecule has 3 aromatic rings. The van der Waals surface area contributed by atoms with Crippen molar-refractivity contribution in [2.24, 2.45) is 0 Å². The summed E-state index contributed by atoms with van der Waals surface area (Å²) in [6.07, 6.45) is -11.9. The van der Waals surface area contributed by atoms with Crippen molar-refractivity contribution in [3.63, 3.8) is 0 Å². The molecule has 214 valence electrons. The largest absolute Gasteiger partial charge is 0.486 e. The zero-order valence-corrected chi connectivity index (χ0v) is 21.4. The van der Waals surface area contributed by atoms with Gasteiger partial charge < -0.3 is 14.6 Å². The zero-order valence-electron chi connectivity index (χ0n) is 21.4. The van der Waals surface area contributed by atoms with Crippen LogP contribution in [0.2, 0.25) is 0 Å². The number of para-hydroxylation sites is 2. The third-order valence-electron chi connectivity index (χ3n) is 7.31. The fourth-order valence-corrected chi connectivity index (χ4v) is 5.02. The second-order valence-electron chi connectivity index (χ2n) is 10.1. The van der Waals surface area contributed by atoms with Crippen LogP contribution in [0, 0.1) is 0 Å². The molecule has 0 spiro atoms. The van der Waals surface area contributed by atoms with E-state index in [0.717, 1.165) is 61.9 Å². The molecule has 5 nitrogen and oxygen atoms in total. The molecule has 1 fully saturated rings. The van der Waals surface area contributed by atoms with Crippen LogP contribution in [0.4, 0.5) is 26.3 Å². The van der Waals surface area contributed by atoms with Gasteiger partial charge in [0.25, 0.3) is 5.60 Å². The number of fused-ring (bicyclic) bond motifs is 1. The summed E-state index contributed by atoms with van der Waals surface area (Å²) >= 11 is 0. The van der Waals surface area contributed by atoms with Crippen LogP contribution in [-0.4, -0.2) is 72.7 Å². The van der Waals surface area contributed by atoms with Crippen LogP contribution in [-0.2, 0) is 12.1 Å². The maximum Gasteiger partial charge on any atom is 0.430 e. The predicted octanol–water partition coefficient (Wildman–Crippen LogP) is 5.62. The van der Waals surface area contributed by atoms with Crippen LogP contribution in [0.3, 0.4) is 0 Å². The van der Waals surface area contributed by atoms with Gasteiger partial charge in [0.15, 0.2) is 11.5 Å². The third kappa shape index (κ3) is 5.77. The molecule has 1 atom stereocenters. The van der Waals surface area contributed by atoms with E-state index in [-0.39, 0.29) is 6.10 Å².